The standard InChI is InChI=1S/C21H22N6O3/c1-4-19-26-18(13-27(19)23-2)14-10-15(12-16(11-14)30-9-8-29-3)25-21-17(20(22)28)6-5-7-24-21/h4-7,10-13H,1-2,8-9H2,3H3,(H2,22,28)(H,24,25). The van der Waals surface area contributed by atoms with Gasteiger partial charge in [0.25, 0.3) is 5.91 Å². The molecule has 3 N–H and O–H groups in total. The molecule has 0 saturated carbocycles. The summed E-state index contributed by atoms with van der Waals surface area (Å²) < 4.78 is 12.4. The molecule has 0 aliphatic heterocycles. The van der Waals surface area contributed by atoms with Crippen molar-refractivity contribution in [2.24, 2.45) is 10.8 Å². The summed E-state index contributed by atoms with van der Waals surface area (Å²) in [6.07, 6.45) is 4.89. The Bertz CT molecular complexity index is 1050. The first kappa shape index (κ1) is 20.7. The minimum Gasteiger partial charge on any atom is -0.491 e. The van der Waals surface area contributed by atoms with Crippen LogP contribution in [0.4, 0.5) is 11.5 Å². The van der Waals surface area contributed by atoms with Crippen molar-refractivity contribution in [3.63, 3.8) is 0 Å². The first-order valence-electron chi connectivity index (χ1n) is 9.03. The minimum atomic E-state index is -0.579. The Morgan fingerprint density at radius 2 is 2.20 bits per heavy atom. The number of nitrogens with one attached hydrogen (secondary N) is 1. The number of carbonyl (C=O) groups excluding carboxylic acids is 1. The highest BCUT2D eigenvalue weighted by Crippen LogP contribution is 2.30. The maximum Gasteiger partial charge on any atom is 0.252 e. The molecule has 0 atom stereocenters. The molecule has 154 valence electrons. The quantitative estimate of drug-likeness (QED) is 0.395. The SMILES string of the molecule is C=Cc1nc(-c2cc(Nc3ncccc3C(N)=O)cc(OCCOC)c2)cn1N=C. The Morgan fingerprint density at radius 3 is 2.87 bits per heavy atom. The summed E-state index contributed by atoms with van der Waals surface area (Å²) in [6.45, 7) is 8.09. The fourth-order valence-corrected chi connectivity index (χ4v) is 2.76. The highest BCUT2D eigenvalue weighted by molar-refractivity contribution is 5.98. The smallest absolute Gasteiger partial charge is 0.252 e. The maximum atomic E-state index is 11.7. The number of hydrogen-bond donors (Lipinski definition) is 2. The van der Waals surface area contributed by atoms with Crippen molar-refractivity contribution in [2.45, 2.75) is 0 Å². The van der Waals surface area contributed by atoms with Gasteiger partial charge >= 0.3 is 0 Å². The maximum absolute atomic E-state index is 11.7. The van der Waals surface area contributed by atoms with Gasteiger partial charge in [-0.1, -0.05) is 6.58 Å². The number of amides is 1. The van der Waals surface area contributed by atoms with E-state index in [9.17, 15) is 4.79 Å². The van der Waals surface area contributed by atoms with E-state index in [0.717, 1.165) is 5.56 Å². The summed E-state index contributed by atoms with van der Waals surface area (Å²) in [5.41, 5.74) is 7.78. The third-order valence-electron chi connectivity index (χ3n) is 4.14. The van der Waals surface area contributed by atoms with Crippen LogP contribution in [-0.4, -0.2) is 47.6 Å². The Hall–Kier alpha value is -3.98. The number of primary amides is 1. The first-order valence-corrected chi connectivity index (χ1v) is 9.03. The van der Waals surface area contributed by atoms with Gasteiger partial charge in [-0.15, -0.1) is 0 Å². The van der Waals surface area contributed by atoms with E-state index in [-0.39, 0.29) is 5.56 Å². The molecular weight excluding hydrogens is 384 g/mol. The van der Waals surface area contributed by atoms with E-state index in [1.165, 1.54) is 4.68 Å². The van der Waals surface area contributed by atoms with Crippen LogP contribution in [0.15, 0.2) is 54.4 Å². The normalized spacial score (nSPS) is 10.4. The van der Waals surface area contributed by atoms with Crippen LogP contribution in [0.3, 0.4) is 0 Å². The molecule has 30 heavy (non-hydrogen) atoms. The summed E-state index contributed by atoms with van der Waals surface area (Å²) in [7, 11) is 1.60. The van der Waals surface area contributed by atoms with Gasteiger partial charge in [-0.2, -0.15) is 5.10 Å². The second kappa shape index (κ2) is 9.48. The van der Waals surface area contributed by atoms with Crippen molar-refractivity contribution in [2.75, 3.05) is 25.6 Å². The van der Waals surface area contributed by atoms with Gasteiger partial charge < -0.3 is 20.5 Å². The van der Waals surface area contributed by atoms with Crippen LogP contribution in [0, 0.1) is 0 Å². The molecule has 1 aromatic carbocycles. The molecule has 0 aliphatic rings. The lowest BCUT2D eigenvalue weighted by Crippen LogP contribution is -2.14. The van der Waals surface area contributed by atoms with Gasteiger partial charge in [0.1, 0.15) is 18.2 Å². The summed E-state index contributed by atoms with van der Waals surface area (Å²) >= 11 is 0. The largest absolute Gasteiger partial charge is 0.491 e. The molecule has 0 bridgehead atoms. The molecule has 0 unspecified atom stereocenters. The number of rotatable bonds is 10. The molecule has 0 fully saturated rings. The number of methoxy groups -OCH3 is 1. The second-order valence-electron chi connectivity index (χ2n) is 6.15. The number of nitrogens with two attached hydrogens (primary N) is 1. The Labute approximate surface area is 173 Å². The first-order chi connectivity index (χ1) is 14.5. The summed E-state index contributed by atoms with van der Waals surface area (Å²) in [4.78, 5) is 20.4. The highest BCUT2D eigenvalue weighted by Gasteiger charge is 2.13. The van der Waals surface area contributed by atoms with Crippen molar-refractivity contribution >= 4 is 30.2 Å². The number of ether oxygens (including phenoxy) is 2. The number of imidazole rings is 1. The third-order valence-corrected chi connectivity index (χ3v) is 4.14. The Kier molecular flexibility index (Phi) is 6.56. The lowest BCUT2D eigenvalue weighted by Gasteiger charge is -2.13. The van der Waals surface area contributed by atoms with Crippen LogP contribution in [0.1, 0.15) is 16.2 Å². The van der Waals surface area contributed by atoms with Gasteiger partial charge in [-0.3, -0.25) is 4.79 Å². The molecular formula is C21H22N6O3. The van der Waals surface area contributed by atoms with E-state index < -0.39 is 5.91 Å². The number of pyridine rings is 1. The minimum absolute atomic E-state index is 0.277. The average molecular weight is 406 g/mol. The fourth-order valence-electron chi connectivity index (χ4n) is 2.76. The molecule has 9 nitrogen and oxygen atoms in total. The number of hydrogen-bond acceptors (Lipinski definition) is 7. The van der Waals surface area contributed by atoms with Gasteiger partial charge in [0, 0.05) is 37.3 Å². The number of benzene rings is 1. The molecule has 2 heterocycles. The van der Waals surface area contributed by atoms with Crippen molar-refractivity contribution < 1.29 is 14.3 Å². The third kappa shape index (κ3) is 4.70. The van der Waals surface area contributed by atoms with Crippen molar-refractivity contribution in [3.8, 4) is 17.0 Å². The van der Waals surface area contributed by atoms with E-state index in [2.05, 4.69) is 33.7 Å². The molecule has 1 amide bonds. The lowest BCUT2D eigenvalue weighted by molar-refractivity contribution is 0.100. The monoisotopic (exact) mass is 406 g/mol. The van der Waals surface area contributed by atoms with E-state index in [4.69, 9.17) is 15.2 Å². The summed E-state index contributed by atoms with van der Waals surface area (Å²) in [5, 5.41) is 7.03. The van der Waals surface area contributed by atoms with Crippen molar-refractivity contribution in [3.05, 3.63) is 60.7 Å². The zero-order chi connectivity index (χ0) is 21.5. The van der Waals surface area contributed by atoms with Gasteiger partial charge in [0.2, 0.25) is 0 Å². The van der Waals surface area contributed by atoms with Crippen molar-refractivity contribution in [1.82, 2.24) is 14.6 Å². The van der Waals surface area contributed by atoms with Crippen molar-refractivity contribution in [1.29, 1.82) is 0 Å². The molecule has 3 rings (SSSR count). The molecule has 0 spiro atoms. The van der Waals surface area contributed by atoms with Crippen LogP contribution < -0.4 is 15.8 Å². The average Bonchev–Trinajstić information content (AvgIpc) is 3.18. The molecule has 2 aromatic heterocycles. The van der Waals surface area contributed by atoms with E-state index >= 15 is 0 Å². The Morgan fingerprint density at radius 1 is 1.37 bits per heavy atom. The number of nitrogens with zero attached hydrogens (tertiary/aromatic N) is 4. The van der Waals surface area contributed by atoms with Crippen LogP contribution in [0.25, 0.3) is 17.3 Å². The number of aromatic nitrogens is 3. The van der Waals surface area contributed by atoms with Gasteiger partial charge in [-0.05, 0) is 30.3 Å². The summed E-state index contributed by atoms with van der Waals surface area (Å²) in [5.74, 6) is 0.908. The van der Waals surface area contributed by atoms with Crippen LogP contribution in [-0.2, 0) is 4.74 Å². The summed E-state index contributed by atoms with van der Waals surface area (Å²) in [6, 6.07) is 8.73. The fraction of sp³-hybridized carbons (Fsp3) is 0.143. The molecule has 3 aromatic rings. The van der Waals surface area contributed by atoms with E-state index in [1.54, 1.807) is 43.8 Å². The van der Waals surface area contributed by atoms with Gasteiger partial charge in [-0.25, -0.2) is 14.6 Å². The zero-order valence-corrected chi connectivity index (χ0v) is 16.5. The molecule has 0 radical (unpaired) electrons. The molecule has 9 heteroatoms. The molecule has 0 aliphatic carbocycles. The van der Waals surface area contributed by atoms with Crippen LogP contribution in [0.2, 0.25) is 0 Å². The highest BCUT2D eigenvalue weighted by atomic mass is 16.5. The van der Waals surface area contributed by atoms with Crippen LogP contribution in [0.5, 0.6) is 5.75 Å². The number of anilines is 2. The molecule has 0 saturated heterocycles. The number of carbonyl (C=O) groups is 1. The van der Waals surface area contributed by atoms with E-state index in [1.807, 2.05) is 12.1 Å². The Balaban J connectivity index is 2.02. The lowest BCUT2D eigenvalue weighted by atomic mass is 10.1. The zero-order valence-electron chi connectivity index (χ0n) is 16.5. The topological polar surface area (TPSA) is 117 Å². The van der Waals surface area contributed by atoms with Crippen LogP contribution >= 0.6 is 0 Å². The predicted octanol–water partition coefficient (Wildman–Crippen LogP) is 2.92. The van der Waals surface area contributed by atoms with Gasteiger partial charge in [0.15, 0.2) is 5.82 Å². The van der Waals surface area contributed by atoms with E-state index in [0.29, 0.717) is 42.0 Å². The predicted molar refractivity (Wildman–Crippen MR) is 116 cm³/mol. The second-order valence-corrected chi connectivity index (χ2v) is 6.15. The van der Waals surface area contributed by atoms with Gasteiger partial charge in [0.05, 0.1) is 24.1 Å².